The van der Waals surface area contributed by atoms with Crippen molar-refractivity contribution in [2.75, 3.05) is 0 Å². The molecular formula is C17H17N3O4. The van der Waals surface area contributed by atoms with Gasteiger partial charge in [-0.05, 0) is 32.0 Å². The molecule has 4 rings (SSSR count). The molecule has 0 aliphatic carbocycles. The first kappa shape index (κ1) is 14.9. The van der Waals surface area contributed by atoms with Crippen LogP contribution >= 0.6 is 0 Å². The largest absolute Gasteiger partial charge is 0.467 e. The first-order valence-corrected chi connectivity index (χ1v) is 7.75. The number of nitrogens with zero attached hydrogens (tertiary/aromatic N) is 2. The summed E-state index contributed by atoms with van der Waals surface area (Å²) in [6, 6.07) is 5.20. The lowest BCUT2D eigenvalue weighted by molar-refractivity contribution is -0.0411. The molecule has 4 heterocycles. The van der Waals surface area contributed by atoms with Crippen LogP contribution in [0.3, 0.4) is 0 Å². The highest BCUT2D eigenvalue weighted by molar-refractivity contribution is 5.74. The summed E-state index contributed by atoms with van der Waals surface area (Å²) in [5.74, 6) is 0.540. The van der Waals surface area contributed by atoms with E-state index in [1.807, 2.05) is 13.8 Å². The van der Waals surface area contributed by atoms with Gasteiger partial charge in [0, 0.05) is 12.0 Å². The minimum atomic E-state index is -0.498. The Morgan fingerprint density at radius 3 is 2.96 bits per heavy atom. The average Bonchev–Trinajstić information content (AvgIpc) is 3.02. The second-order valence-corrected chi connectivity index (χ2v) is 6.62. The minimum Gasteiger partial charge on any atom is -0.467 e. The lowest BCUT2D eigenvalue weighted by Crippen LogP contribution is -2.37. The molecule has 1 N–H and O–H groups in total. The predicted molar refractivity (Wildman–Crippen MR) is 87.0 cm³/mol. The van der Waals surface area contributed by atoms with Crippen molar-refractivity contribution in [2.45, 2.75) is 39.0 Å². The summed E-state index contributed by atoms with van der Waals surface area (Å²) in [6.45, 7) is 4.47. The summed E-state index contributed by atoms with van der Waals surface area (Å²) in [6.07, 6.45) is 2.14. The fourth-order valence-corrected chi connectivity index (χ4v) is 2.97. The number of pyridine rings is 1. The van der Waals surface area contributed by atoms with Crippen molar-refractivity contribution in [3.05, 3.63) is 62.3 Å². The summed E-state index contributed by atoms with van der Waals surface area (Å²) >= 11 is 0. The second-order valence-electron chi connectivity index (χ2n) is 6.62. The number of fused-ring (bicyclic) bond motifs is 2. The van der Waals surface area contributed by atoms with Crippen molar-refractivity contribution in [1.82, 2.24) is 14.5 Å². The molecule has 0 fully saturated rings. The van der Waals surface area contributed by atoms with Crippen LogP contribution in [0, 0.1) is 0 Å². The van der Waals surface area contributed by atoms with Gasteiger partial charge in [-0.25, -0.2) is 9.78 Å². The van der Waals surface area contributed by atoms with Gasteiger partial charge in [0.1, 0.15) is 11.4 Å². The summed E-state index contributed by atoms with van der Waals surface area (Å²) < 4.78 is 12.1. The molecule has 124 valence electrons. The maximum absolute atomic E-state index is 12.7. The molecule has 0 saturated heterocycles. The third-order valence-electron chi connectivity index (χ3n) is 4.24. The first-order valence-electron chi connectivity index (χ1n) is 7.75. The third kappa shape index (κ3) is 2.46. The van der Waals surface area contributed by atoms with E-state index in [0.717, 1.165) is 15.8 Å². The Kier molecular flexibility index (Phi) is 3.21. The predicted octanol–water partition coefficient (Wildman–Crippen LogP) is 1.58. The molecule has 7 heteroatoms. The van der Waals surface area contributed by atoms with Gasteiger partial charge in [-0.3, -0.25) is 14.3 Å². The highest BCUT2D eigenvalue weighted by atomic mass is 16.5. The summed E-state index contributed by atoms with van der Waals surface area (Å²) in [5.41, 5.74) is 0.876. The molecule has 0 unspecified atom stereocenters. The van der Waals surface area contributed by atoms with Gasteiger partial charge in [0.05, 0.1) is 36.1 Å². The number of H-pyrrole nitrogens is 1. The molecule has 24 heavy (non-hydrogen) atoms. The molecule has 7 nitrogen and oxygen atoms in total. The van der Waals surface area contributed by atoms with E-state index in [1.165, 1.54) is 6.26 Å². The molecule has 0 atom stereocenters. The van der Waals surface area contributed by atoms with Crippen molar-refractivity contribution < 1.29 is 9.15 Å². The minimum absolute atomic E-state index is 0.0811. The molecule has 0 spiro atoms. The van der Waals surface area contributed by atoms with E-state index in [9.17, 15) is 9.59 Å². The maximum atomic E-state index is 12.7. The Labute approximate surface area is 136 Å². The number of hydrogen-bond acceptors (Lipinski definition) is 5. The van der Waals surface area contributed by atoms with Gasteiger partial charge in [0.15, 0.2) is 0 Å². The Balaban J connectivity index is 1.88. The summed E-state index contributed by atoms with van der Waals surface area (Å²) in [7, 11) is 0. The summed E-state index contributed by atoms with van der Waals surface area (Å²) in [4.78, 5) is 32.2. The van der Waals surface area contributed by atoms with Gasteiger partial charge in [-0.15, -0.1) is 0 Å². The Morgan fingerprint density at radius 1 is 1.38 bits per heavy atom. The zero-order valence-corrected chi connectivity index (χ0v) is 13.5. The van der Waals surface area contributed by atoms with Crippen LogP contribution in [-0.4, -0.2) is 20.1 Å². The fourth-order valence-electron chi connectivity index (χ4n) is 2.97. The maximum Gasteiger partial charge on any atom is 0.330 e. The van der Waals surface area contributed by atoms with Crippen LogP contribution in [0.2, 0.25) is 0 Å². The summed E-state index contributed by atoms with van der Waals surface area (Å²) in [5, 5.41) is 0.378. The normalized spacial score (nSPS) is 16.2. The molecule has 0 amide bonds. The van der Waals surface area contributed by atoms with Crippen molar-refractivity contribution >= 4 is 11.0 Å². The van der Waals surface area contributed by atoms with E-state index >= 15 is 0 Å². The van der Waals surface area contributed by atoms with Gasteiger partial charge >= 0.3 is 5.69 Å². The van der Waals surface area contributed by atoms with E-state index in [1.54, 1.807) is 18.2 Å². The molecule has 0 radical (unpaired) electrons. The number of aromatic amines is 1. The third-order valence-corrected chi connectivity index (χ3v) is 4.24. The molecule has 3 aromatic rings. The van der Waals surface area contributed by atoms with Crippen molar-refractivity contribution in [2.24, 2.45) is 0 Å². The van der Waals surface area contributed by atoms with Crippen LogP contribution in [0.15, 0.2) is 38.5 Å². The van der Waals surface area contributed by atoms with E-state index in [2.05, 4.69) is 9.97 Å². The van der Waals surface area contributed by atoms with Crippen LogP contribution in [0.4, 0.5) is 0 Å². The molecule has 0 bridgehead atoms. The highest BCUT2D eigenvalue weighted by Crippen LogP contribution is 2.27. The van der Waals surface area contributed by atoms with Gasteiger partial charge in [-0.1, -0.05) is 0 Å². The van der Waals surface area contributed by atoms with Crippen molar-refractivity contribution in [1.29, 1.82) is 0 Å². The highest BCUT2D eigenvalue weighted by Gasteiger charge is 2.28. The van der Waals surface area contributed by atoms with Crippen LogP contribution in [0.25, 0.3) is 11.0 Å². The SMILES string of the molecule is CC1(C)Cc2nc3[nH]c(=O)n(Cc4ccco4)c(=O)c3cc2CO1. The van der Waals surface area contributed by atoms with E-state index < -0.39 is 5.69 Å². The standard InChI is InChI=1S/C17H17N3O4/c1-17(2)7-13-10(9-24-17)6-12-14(18-13)19-16(22)20(15(12)21)8-11-4-3-5-23-11/h3-6H,7-9H2,1-2H3,(H,18,19,22). The Morgan fingerprint density at radius 2 is 2.21 bits per heavy atom. The van der Waals surface area contributed by atoms with Gasteiger partial charge in [-0.2, -0.15) is 0 Å². The quantitative estimate of drug-likeness (QED) is 0.772. The molecule has 1 aliphatic rings. The van der Waals surface area contributed by atoms with Crippen LogP contribution in [-0.2, 0) is 24.3 Å². The molecular weight excluding hydrogens is 310 g/mol. The van der Waals surface area contributed by atoms with Crippen LogP contribution in [0.1, 0.15) is 30.9 Å². The fraction of sp³-hybridized carbons (Fsp3) is 0.353. The first-order chi connectivity index (χ1) is 11.4. The number of nitrogens with one attached hydrogen (secondary N) is 1. The van der Waals surface area contributed by atoms with Crippen LogP contribution < -0.4 is 11.2 Å². The van der Waals surface area contributed by atoms with Gasteiger partial charge in [0.2, 0.25) is 0 Å². The van der Waals surface area contributed by atoms with Gasteiger partial charge in [0.25, 0.3) is 5.56 Å². The number of furan rings is 1. The molecule has 1 aliphatic heterocycles. The number of hydrogen-bond donors (Lipinski definition) is 1. The number of ether oxygens (including phenoxy) is 1. The van der Waals surface area contributed by atoms with Crippen molar-refractivity contribution in [3.8, 4) is 0 Å². The molecule has 3 aromatic heterocycles. The monoisotopic (exact) mass is 327 g/mol. The lowest BCUT2D eigenvalue weighted by atomic mass is 9.95. The smallest absolute Gasteiger partial charge is 0.330 e. The molecule has 0 aromatic carbocycles. The zero-order chi connectivity index (χ0) is 16.9. The second kappa shape index (κ2) is 5.17. The average molecular weight is 327 g/mol. The van der Waals surface area contributed by atoms with Crippen molar-refractivity contribution in [3.63, 3.8) is 0 Å². The topological polar surface area (TPSA) is 90.1 Å². The van der Waals surface area contributed by atoms with E-state index in [-0.39, 0.29) is 17.7 Å². The Hall–Kier alpha value is -2.67. The lowest BCUT2D eigenvalue weighted by Gasteiger charge is -2.31. The number of rotatable bonds is 2. The van der Waals surface area contributed by atoms with E-state index in [4.69, 9.17) is 9.15 Å². The van der Waals surface area contributed by atoms with Crippen LogP contribution in [0.5, 0.6) is 0 Å². The zero-order valence-electron chi connectivity index (χ0n) is 13.5. The Bertz CT molecular complexity index is 1030. The van der Waals surface area contributed by atoms with Gasteiger partial charge < -0.3 is 9.15 Å². The molecule has 0 saturated carbocycles. The number of aromatic nitrogens is 3. The van der Waals surface area contributed by atoms with E-state index in [0.29, 0.717) is 29.8 Å².